The van der Waals surface area contributed by atoms with Crippen LogP contribution in [0.4, 0.5) is 4.39 Å². The molecule has 0 heterocycles. The number of hydrogen-bond donors (Lipinski definition) is 1. The van der Waals surface area contributed by atoms with Gasteiger partial charge in [0.1, 0.15) is 17.3 Å². The highest BCUT2D eigenvalue weighted by Crippen LogP contribution is 2.25. The van der Waals surface area contributed by atoms with E-state index in [-0.39, 0.29) is 12.4 Å². The van der Waals surface area contributed by atoms with E-state index in [0.29, 0.717) is 30.0 Å². The summed E-state index contributed by atoms with van der Waals surface area (Å²) in [5, 5.41) is 2.64. The smallest absolute Gasteiger partial charge is 0.331 e. The van der Waals surface area contributed by atoms with Crippen molar-refractivity contribution in [2.75, 3.05) is 27.4 Å². The first-order valence-electron chi connectivity index (χ1n) is 8.60. The SMILES string of the molecule is COc1ccc(OC)c(/C=C/C(=O)OCC(=O)NCCc2ccc(F)cc2)c1. The zero-order valence-electron chi connectivity index (χ0n) is 15.7. The summed E-state index contributed by atoms with van der Waals surface area (Å²) in [6.07, 6.45) is 3.29. The fraction of sp³-hybridized carbons (Fsp3) is 0.238. The number of carbonyl (C=O) groups is 2. The Bertz CT molecular complexity index is 833. The maximum Gasteiger partial charge on any atom is 0.331 e. The maximum absolute atomic E-state index is 12.8. The van der Waals surface area contributed by atoms with Gasteiger partial charge in [-0.2, -0.15) is 0 Å². The summed E-state index contributed by atoms with van der Waals surface area (Å²) in [5.41, 5.74) is 1.54. The Hall–Kier alpha value is -3.35. The van der Waals surface area contributed by atoms with Crippen molar-refractivity contribution >= 4 is 18.0 Å². The molecule has 0 aliphatic heterocycles. The molecule has 2 rings (SSSR count). The summed E-state index contributed by atoms with van der Waals surface area (Å²) in [5.74, 6) is -0.182. The van der Waals surface area contributed by atoms with Crippen LogP contribution < -0.4 is 14.8 Å². The lowest BCUT2D eigenvalue weighted by molar-refractivity contribution is -0.143. The summed E-state index contributed by atoms with van der Waals surface area (Å²) >= 11 is 0. The third-order valence-corrected chi connectivity index (χ3v) is 3.83. The average molecular weight is 387 g/mol. The zero-order chi connectivity index (χ0) is 20.4. The molecule has 0 aliphatic carbocycles. The van der Waals surface area contributed by atoms with Gasteiger partial charge in [0.05, 0.1) is 14.2 Å². The van der Waals surface area contributed by atoms with E-state index in [1.807, 2.05) is 0 Å². The number of amides is 1. The first-order valence-corrected chi connectivity index (χ1v) is 8.60. The Morgan fingerprint density at radius 2 is 1.82 bits per heavy atom. The van der Waals surface area contributed by atoms with Gasteiger partial charge in [0.2, 0.25) is 0 Å². The van der Waals surface area contributed by atoms with Gasteiger partial charge < -0.3 is 19.5 Å². The van der Waals surface area contributed by atoms with Crippen LogP contribution in [-0.4, -0.2) is 39.2 Å². The van der Waals surface area contributed by atoms with E-state index in [1.54, 1.807) is 30.3 Å². The molecule has 2 aromatic carbocycles. The lowest BCUT2D eigenvalue weighted by Crippen LogP contribution is -2.30. The predicted octanol–water partition coefficient (Wildman–Crippen LogP) is 2.76. The maximum atomic E-state index is 12.8. The van der Waals surface area contributed by atoms with Gasteiger partial charge in [-0.15, -0.1) is 0 Å². The molecular formula is C21H22FNO5. The third-order valence-electron chi connectivity index (χ3n) is 3.83. The minimum Gasteiger partial charge on any atom is -0.497 e. The van der Waals surface area contributed by atoms with Crippen molar-refractivity contribution in [2.45, 2.75) is 6.42 Å². The van der Waals surface area contributed by atoms with Crippen LogP contribution in [0, 0.1) is 5.82 Å². The lowest BCUT2D eigenvalue weighted by Gasteiger charge is -2.07. The molecule has 0 atom stereocenters. The van der Waals surface area contributed by atoms with Crippen LogP contribution in [0.25, 0.3) is 6.08 Å². The first-order chi connectivity index (χ1) is 13.5. The van der Waals surface area contributed by atoms with E-state index in [9.17, 15) is 14.0 Å². The van der Waals surface area contributed by atoms with Crippen molar-refractivity contribution in [1.82, 2.24) is 5.32 Å². The monoisotopic (exact) mass is 387 g/mol. The van der Waals surface area contributed by atoms with Gasteiger partial charge in [0, 0.05) is 18.2 Å². The Morgan fingerprint density at radius 1 is 1.07 bits per heavy atom. The number of hydrogen-bond acceptors (Lipinski definition) is 5. The van der Waals surface area contributed by atoms with Crippen LogP contribution >= 0.6 is 0 Å². The second-order valence-electron chi connectivity index (χ2n) is 5.78. The summed E-state index contributed by atoms with van der Waals surface area (Å²) < 4.78 is 28.1. The van der Waals surface area contributed by atoms with Gasteiger partial charge in [0.25, 0.3) is 5.91 Å². The van der Waals surface area contributed by atoms with Crippen molar-refractivity contribution in [3.05, 3.63) is 65.5 Å². The minimum atomic E-state index is -0.654. The molecule has 0 radical (unpaired) electrons. The van der Waals surface area contributed by atoms with Gasteiger partial charge in [-0.25, -0.2) is 9.18 Å². The Balaban J connectivity index is 1.76. The Morgan fingerprint density at radius 3 is 2.50 bits per heavy atom. The molecule has 7 heteroatoms. The largest absolute Gasteiger partial charge is 0.497 e. The van der Waals surface area contributed by atoms with E-state index >= 15 is 0 Å². The Kier molecular flexibility index (Phi) is 8.02. The standard InChI is InChI=1S/C21H22FNO5/c1-26-18-8-9-19(27-2)16(13-18)5-10-21(25)28-14-20(24)23-12-11-15-3-6-17(22)7-4-15/h3-10,13H,11-12,14H2,1-2H3,(H,23,24)/b10-5+. The fourth-order valence-corrected chi connectivity index (χ4v) is 2.36. The van der Waals surface area contributed by atoms with Crippen LogP contribution in [0.5, 0.6) is 11.5 Å². The van der Waals surface area contributed by atoms with Crippen molar-refractivity contribution in [3.8, 4) is 11.5 Å². The second-order valence-corrected chi connectivity index (χ2v) is 5.78. The molecule has 1 N–H and O–H groups in total. The van der Waals surface area contributed by atoms with Crippen molar-refractivity contribution in [1.29, 1.82) is 0 Å². The summed E-state index contributed by atoms with van der Waals surface area (Å²) in [4.78, 5) is 23.5. The first kappa shape index (κ1) is 21.0. The highest BCUT2D eigenvalue weighted by atomic mass is 19.1. The number of halogens is 1. The highest BCUT2D eigenvalue weighted by molar-refractivity contribution is 5.89. The lowest BCUT2D eigenvalue weighted by atomic mass is 10.1. The number of ether oxygens (including phenoxy) is 3. The number of benzene rings is 2. The van der Waals surface area contributed by atoms with Gasteiger partial charge >= 0.3 is 5.97 Å². The molecule has 2 aromatic rings. The van der Waals surface area contributed by atoms with E-state index in [4.69, 9.17) is 14.2 Å². The van der Waals surface area contributed by atoms with Crippen LogP contribution in [-0.2, 0) is 20.7 Å². The second kappa shape index (κ2) is 10.7. The summed E-state index contributed by atoms with van der Waals surface area (Å²) in [7, 11) is 3.06. The fourth-order valence-electron chi connectivity index (χ4n) is 2.36. The molecule has 0 spiro atoms. The van der Waals surface area contributed by atoms with Crippen molar-refractivity contribution in [3.63, 3.8) is 0 Å². The molecular weight excluding hydrogens is 365 g/mol. The quantitative estimate of drug-likeness (QED) is 0.529. The van der Waals surface area contributed by atoms with Gasteiger partial charge in [0.15, 0.2) is 6.61 Å². The highest BCUT2D eigenvalue weighted by Gasteiger charge is 2.06. The minimum absolute atomic E-state index is 0.306. The number of nitrogens with one attached hydrogen (secondary N) is 1. The summed E-state index contributed by atoms with van der Waals surface area (Å²) in [6.45, 7) is -0.0271. The van der Waals surface area contributed by atoms with E-state index in [0.717, 1.165) is 5.56 Å². The van der Waals surface area contributed by atoms with Crippen LogP contribution in [0.3, 0.4) is 0 Å². The number of carbonyl (C=O) groups excluding carboxylic acids is 2. The van der Waals surface area contributed by atoms with Gasteiger partial charge in [-0.3, -0.25) is 4.79 Å². The van der Waals surface area contributed by atoms with Crippen LogP contribution in [0.2, 0.25) is 0 Å². The molecule has 0 saturated carbocycles. The molecule has 6 nitrogen and oxygen atoms in total. The number of esters is 1. The molecule has 0 unspecified atom stereocenters. The van der Waals surface area contributed by atoms with E-state index < -0.39 is 11.9 Å². The van der Waals surface area contributed by atoms with Gasteiger partial charge in [-0.05, 0) is 48.4 Å². The number of rotatable bonds is 9. The normalized spacial score (nSPS) is 10.5. The topological polar surface area (TPSA) is 73.9 Å². The Labute approximate surface area is 162 Å². The van der Waals surface area contributed by atoms with Crippen LogP contribution in [0.15, 0.2) is 48.5 Å². The van der Waals surface area contributed by atoms with Crippen molar-refractivity contribution < 1.29 is 28.2 Å². The molecule has 1 amide bonds. The van der Waals surface area contributed by atoms with E-state index in [2.05, 4.69) is 5.32 Å². The predicted molar refractivity (Wildman–Crippen MR) is 103 cm³/mol. The number of methoxy groups -OCH3 is 2. The molecule has 0 saturated heterocycles. The summed E-state index contributed by atoms with van der Waals surface area (Å²) in [6, 6.07) is 11.2. The molecule has 0 aliphatic rings. The molecule has 0 fully saturated rings. The molecule has 0 bridgehead atoms. The van der Waals surface area contributed by atoms with E-state index in [1.165, 1.54) is 38.5 Å². The third kappa shape index (κ3) is 6.75. The average Bonchev–Trinajstić information content (AvgIpc) is 2.71. The van der Waals surface area contributed by atoms with Gasteiger partial charge in [-0.1, -0.05) is 12.1 Å². The molecule has 0 aromatic heterocycles. The molecule has 148 valence electrons. The molecule has 28 heavy (non-hydrogen) atoms. The van der Waals surface area contributed by atoms with Crippen molar-refractivity contribution in [2.24, 2.45) is 0 Å². The van der Waals surface area contributed by atoms with Crippen LogP contribution in [0.1, 0.15) is 11.1 Å². The zero-order valence-corrected chi connectivity index (χ0v) is 15.7.